The summed E-state index contributed by atoms with van der Waals surface area (Å²) in [6.45, 7) is 12.1. The van der Waals surface area contributed by atoms with Crippen LogP contribution in [0.15, 0.2) is 18.2 Å². The molecule has 0 N–H and O–H groups in total. The molecule has 0 radical (unpaired) electrons. The van der Waals surface area contributed by atoms with E-state index in [1.807, 2.05) is 0 Å². The SMILES string of the molecule is CC(C)Cc1cccc(OCCOCC[N+](C)(C)C)c1CC(C)C. The minimum atomic E-state index is 0.618. The first kappa shape index (κ1) is 21.0. The second kappa shape index (κ2) is 10.0. The standard InChI is InChI=1S/C21H38NO2/c1-17(2)15-19-9-8-10-21(20(19)16-18(3)4)24-14-13-23-12-11-22(5,6)7/h8-10,17-18H,11-16H2,1-7H3/q+1. The van der Waals surface area contributed by atoms with Gasteiger partial charge in [0.2, 0.25) is 0 Å². The molecule has 0 saturated heterocycles. The van der Waals surface area contributed by atoms with Crippen molar-refractivity contribution in [1.29, 1.82) is 0 Å². The fraction of sp³-hybridized carbons (Fsp3) is 0.714. The van der Waals surface area contributed by atoms with Crippen LogP contribution in [0.3, 0.4) is 0 Å². The zero-order valence-corrected chi connectivity index (χ0v) is 16.9. The molecular formula is C21H38NO2+. The molecule has 0 bridgehead atoms. The molecule has 0 heterocycles. The van der Waals surface area contributed by atoms with Crippen molar-refractivity contribution < 1.29 is 14.0 Å². The van der Waals surface area contributed by atoms with Crippen molar-refractivity contribution >= 4 is 0 Å². The predicted molar refractivity (Wildman–Crippen MR) is 103 cm³/mol. The lowest BCUT2D eigenvalue weighted by Crippen LogP contribution is -2.37. The lowest BCUT2D eigenvalue weighted by atomic mass is 9.92. The molecule has 0 saturated carbocycles. The fourth-order valence-corrected chi connectivity index (χ4v) is 2.67. The lowest BCUT2D eigenvalue weighted by Gasteiger charge is -2.23. The Morgan fingerprint density at radius 3 is 2.12 bits per heavy atom. The Morgan fingerprint density at radius 2 is 1.54 bits per heavy atom. The van der Waals surface area contributed by atoms with Crippen molar-refractivity contribution in [2.75, 3.05) is 47.5 Å². The summed E-state index contributed by atoms with van der Waals surface area (Å²) < 4.78 is 12.7. The summed E-state index contributed by atoms with van der Waals surface area (Å²) in [6, 6.07) is 6.48. The van der Waals surface area contributed by atoms with E-state index in [1.54, 1.807) is 0 Å². The van der Waals surface area contributed by atoms with Gasteiger partial charge in [0.1, 0.15) is 18.9 Å². The number of hydrogen-bond donors (Lipinski definition) is 0. The van der Waals surface area contributed by atoms with Crippen LogP contribution in [0.4, 0.5) is 0 Å². The molecule has 0 unspecified atom stereocenters. The highest BCUT2D eigenvalue weighted by Gasteiger charge is 2.13. The quantitative estimate of drug-likeness (QED) is 0.446. The second-order valence-electron chi connectivity index (χ2n) is 8.56. The highest BCUT2D eigenvalue weighted by atomic mass is 16.5. The molecular weight excluding hydrogens is 298 g/mol. The van der Waals surface area contributed by atoms with Gasteiger partial charge in [-0.1, -0.05) is 39.8 Å². The molecule has 1 rings (SSSR count). The maximum absolute atomic E-state index is 6.06. The Labute approximate surface area is 149 Å². The molecule has 0 aliphatic carbocycles. The molecule has 0 atom stereocenters. The molecule has 0 aliphatic rings. The Balaban J connectivity index is 2.59. The van der Waals surface area contributed by atoms with E-state index in [0.717, 1.165) is 36.2 Å². The van der Waals surface area contributed by atoms with Crippen LogP contribution in [-0.4, -0.2) is 52.0 Å². The number of hydrogen-bond acceptors (Lipinski definition) is 2. The monoisotopic (exact) mass is 336 g/mol. The summed E-state index contributed by atoms with van der Waals surface area (Å²) >= 11 is 0. The minimum Gasteiger partial charge on any atom is -0.491 e. The normalized spacial score (nSPS) is 12.2. The third-order valence-corrected chi connectivity index (χ3v) is 3.86. The average Bonchev–Trinajstić information content (AvgIpc) is 2.43. The smallest absolute Gasteiger partial charge is 0.122 e. The summed E-state index contributed by atoms with van der Waals surface area (Å²) in [5, 5.41) is 0. The van der Waals surface area contributed by atoms with Crippen LogP contribution in [0.5, 0.6) is 5.75 Å². The number of quaternary nitrogens is 1. The molecule has 3 heteroatoms. The highest BCUT2D eigenvalue weighted by Crippen LogP contribution is 2.27. The number of nitrogens with zero attached hydrogens (tertiary/aromatic N) is 1. The van der Waals surface area contributed by atoms with Gasteiger partial charge in [0, 0.05) is 0 Å². The van der Waals surface area contributed by atoms with E-state index in [0.29, 0.717) is 25.0 Å². The molecule has 0 amide bonds. The van der Waals surface area contributed by atoms with Crippen molar-refractivity contribution in [3.05, 3.63) is 29.3 Å². The van der Waals surface area contributed by atoms with Gasteiger partial charge in [0.05, 0.1) is 34.4 Å². The maximum Gasteiger partial charge on any atom is 0.122 e. The molecule has 24 heavy (non-hydrogen) atoms. The first-order valence-corrected chi connectivity index (χ1v) is 9.31. The summed E-state index contributed by atoms with van der Waals surface area (Å²) in [6.07, 6.45) is 2.18. The number of benzene rings is 1. The van der Waals surface area contributed by atoms with Crippen molar-refractivity contribution in [2.24, 2.45) is 11.8 Å². The van der Waals surface area contributed by atoms with Gasteiger partial charge in [-0.3, -0.25) is 0 Å². The molecule has 0 fully saturated rings. The zero-order valence-electron chi connectivity index (χ0n) is 16.9. The molecule has 0 aromatic heterocycles. The van der Waals surface area contributed by atoms with Crippen molar-refractivity contribution in [2.45, 2.75) is 40.5 Å². The van der Waals surface area contributed by atoms with Crippen LogP contribution in [0, 0.1) is 11.8 Å². The van der Waals surface area contributed by atoms with E-state index in [2.05, 4.69) is 67.0 Å². The highest BCUT2D eigenvalue weighted by molar-refractivity contribution is 5.41. The summed E-state index contributed by atoms with van der Waals surface area (Å²) in [4.78, 5) is 0. The molecule has 1 aromatic rings. The zero-order chi connectivity index (χ0) is 18.2. The van der Waals surface area contributed by atoms with Gasteiger partial charge in [0.25, 0.3) is 0 Å². The molecule has 0 spiro atoms. The van der Waals surface area contributed by atoms with Crippen molar-refractivity contribution in [3.63, 3.8) is 0 Å². The van der Waals surface area contributed by atoms with Crippen LogP contribution in [0.1, 0.15) is 38.8 Å². The van der Waals surface area contributed by atoms with Gasteiger partial charge in [-0.05, 0) is 41.9 Å². The first-order chi connectivity index (χ1) is 11.2. The average molecular weight is 337 g/mol. The van der Waals surface area contributed by atoms with Crippen molar-refractivity contribution in [3.8, 4) is 5.75 Å². The molecule has 1 aromatic carbocycles. The Morgan fingerprint density at radius 1 is 0.875 bits per heavy atom. The number of ether oxygens (including phenoxy) is 2. The van der Waals surface area contributed by atoms with E-state index in [1.165, 1.54) is 11.1 Å². The van der Waals surface area contributed by atoms with E-state index in [9.17, 15) is 0 Å². The maximum atomic E-state index is 6.06. The Hall–Kier alpha value is -1.06. The molecule has 0 aliphatic heterocycles. The lowest BCUT2D eigenvalue weighted by molar-refractivity contribution is -0.870. The second-order valence-corrected chi connectivity index (χ2v) is 8.56. The van der Waals surface area contributed by atoms with Gasteiger partial charge in [-0.25, -0.2) is 0 Å². The summed E-state index contributed by atoms with van der Waals surface area (Å²) in [7, 11) is 6.54. The first-order valence-electron chi connectivity index (χ1n) is 9.31. The minimum absolute atomic E-state index is 0.618. The van der Waals surface area contributed by atoms with Gasteiger partial charge >= 0.3 is 0 Å². The van der Waals surface area contributed by atoms with Crippen LogP contribution in [0.2, 0.25) is 0 Å². The Bertz CT molecular complexity index is 475. The van der Waals surface area contributed by atoms with Gasteiger partial charge < -0.3 is 14.0 Å². The van der Waals surface area contributed by atoms with Crippen LogP contribution in [0.25, 0.3) is 0 Å². The largest absolute Gasteiger partial charge is 0.491 e. The fourth-order valence-electron chi connectivity index (χ4n) is 2.67. The van der Waals surface area contributed by atoms with Crippen LogP contribution < -0.4 is 4.74 Å². The van der Waals surface area contributed by atoms with Gasteiger partial charge in [-0.2, -0.15) is 0 Å². The summed E-state index contributed by atoms with van der Waals surface area (Å²) in [5.74, 6) is 2.32. The van der Waals surface area contributed by atoms with E-state index < -0.39 is 0 Å². The van der Waals surface area contributed by atoms with E-state index in [-0.39, 0.29) is 0 Å². The van der Waals surface area contributed by atoms with Gasteiger partial charge in [0.15, 0.2) is 0 Å². The number of rotatable bonds is 11. The topological polar surface area (TPSA) is 18.5 Å². The van der Waals surface area contributed by atoms with Crippen LogP contribution in [-0.2, 0) is 17.6 Å². The van der Waals surface area contributed by atoms with E-state index in [4.69, 9.17) is 9.47 Å². The predicted octanol–water partition coefficient (Wildman–Crippen LogP) is 4.19. The van der Waals surface area contributed by atoms with Crippen LogP contribution >= 0.6 is 0 Å². The van der Waals surface area contributed by atoms with E-state index >= 15 is 0 Å². The number of likely N-dealkylation sites (N-methyl/N-ethyl adjacent to an activating group) is 1. The summed E-state index contributed by atoms with van der Waals surface area (Å²) in [5.41, 5.74) is 2.81. The molecule has 138 valence electrons. The molecule has 3 nitrogen and oxygen atoms in total. The Kier molecular flexibility index (Phi) is 8.79. The third kappa shape index (κ3) is 8.70. The van der Waals surface area contributed by atoms with Crippen molar-refractivity contribution in [1.82, 2.24) is 0 Å². The third-order valence-electron chi connectivity index (χ3n) is 3.86. The van der Waals surface area contributed by atoms with Gasteiger partial charge in [-0.15, -0.1) is 0 Å².